The fourth-order valence-electron chi connectivity index (χ4n) is 5.06. The number of aromatic nitrogens is 4. The first-order valence-electron chi connectivity index (χ1n) is 12.1. The predicted octanol–water partition coefficient (Wildman–Crippen LogP) is 4.23. The van der Waals surface area contributed by atoms with Crippen LogP contribution in [0.3, 0.4) is 0 Å². The van der Waals surface area contributed by atoms with Gasteiger partial charge in [-0.2, -0.15) is 0 Å². The number of halogens is 1. The van der Waals surface area contributed by atoms with Gasteiger partial charge in [0.2, 0.25) is 0 Å². The van der Waals surface area contributed by atoms with Crippen LogP contribution in [0.1, 0.15) is 6.42 Å². The Labute approximate surface area is 213 Å². The highest BCUT2D eigenvalue weighted by atomic mass is 79.9. The van der Waals surface area contributed by atoms with Crippen molar-refractivity contribution in [2.75, 3.05) is 61.4 Å². The number of hydrogen-bond acceptors (Lipinski definition) is 7. The van der Waals surface area contributed by atoms with Crippen LogP contribution in [0.25, 0.3) is 22.6 Å². The summed E-state index contributed by atoms with van der Waals surface area (Å²) in [4.78, 5) is 24.4. The molecule has 2 saturated heterocycles. The Morgan fingerprint density at radius 3 is 2.43 bits per heavy atom. The van der Waals surface area contributed by atoms with Gasteiger partial charge in [0.25, 0.3) is 0 Å². The van der Waals surface area contributed by atoms with Gasteiger partial charge in [0.05, 0.1) is 22.0 Å². The number of H-pyrrole nitrogens is 1. The number of fused-ring (bicyclic) bond motifs is 1. The topological polar surface area (TPSA) is 76.2 Å². The minimum Gasteiger partial charge on any atom is -0.378 e. The van der Waals surface area contributed by atoms with Gasteiger partial charge >= 0.3 is 0 Å². The zero-order chi connectivity index (χ0) is 23.8. The van der Waals surface area contributed by atoms with Crippen LogP contribution >= 0.6 is 15.9 Å². The highest BCUT2D eigenvalue weighted by Gasteiger charge is 2.22. The van der Waals surface area contributed by atoms with E-state index in [-0.39, 0.29) is 0 Å². The lowest BCUT2D eigenvalue weighted by Gasteiger charge is -2.37. The van der Waals surface area contributed by atoms with Gasteiger partial charge < -0.3 is 25.0 Å². The molecule has 2 N–H and O–H groups in total. The Kier molecular flexibility index (Phi) is 6.03. The molecule has 2 aliphatic rings. The van der Waals surface area contributed by atoms with Crippen LogP contribution in [-0.4, -0.2) is 77.2 Å². The second-order valence-corrected chi connectivity index (χ2v) is 10.2. The third-order valence-electron chi connectivity index (χ3n) is 7.00. The Bertz CT molecular complexity index is 1300. The van der Waals surface area contributed by atoms with Gasteiger partial charge in [-0.1, -0.05) is 0 Å². The lowest BCUT2D eigenvalue weighted by Crippen LogP contribution is -2.46. The number of piperazine rings is 1. The van der Waals surface area contributed by atoms with Crippen LogP contribution in [-0.2, 0) is 0 Å². The molecule has 2 aliphatic heterocycles. The Balaban J connectivity index is 1.18. The van der Waals surface area contributed by atoms with Crippen molar-refractivity contribution in [1.82, 2.24) is 24.8 Å². The molecular formula is C26H29BrN8. The molecule has 35 heavy (non-hydrogen) atoms. The van der Waals surface area contributed by atoms with Crippen molar-refractivity contribution in [3.8, 4) is 11.4 Å². The Morgan fingerprint density at radius 2 is 1.74 bits per heavy atom. The van der Waals surface area contributed by atoms with E-state index in [9.17, 15) is 0 Å². The first-order chi connectivity index (χ1) is 17.1. The second kappa shape index (κ2) is 9.47. The van der Waals surface area contributed by atoms with E-state index in [4.69, 9.17) is 4.98 Å². The van der Waals surface area contributed by atoms with Crippen LogP contribution in [0.15, 0.2) is 59.5 Å². The third kappa shape index (κ3) is 4.58. The van der Waals surface area contributed by atoms with E-state index in [1.807, 2.05) is 24.7 Å². The van der Waals surface area contributed by atoms with Crippen LogP contribution in [0.2, 0.25) is 0 Å². The van der Waals surface area contributed by atoms with E-state index in [0.29, 0.717) is 6.04 Å². The zero-order valence-electron chi connectivity index (χ0n) is 19.8. The molecule has 1 aromatic carbocycles. The molecule has 2 fully saturated rings. The van der Waals surface area contributed by atoms with Gasteiger partial charge in [-0.15, -0.1) is 0 Å². The van der Waals surface area contributed by atoms with Gasteiger partial charge in [-0.25, -0.2) is 9.97 Å². The molecule has 4 aromatic rings. The number of nitrogens with zero attached hydrogens (tertiary/aromatic N) is 6. The summed E-state index contributed by atoms with van der Waals surface area (Å²) in [5.41, 5.74) is 6.18. The molecule has 5 heterocycles. The molecule has 0 amide bonds. The van der Waals surface area contributed by atoms with Crippen LogP contribution in [0, 0.1) is 0 Å². The van der Waals surface area contributed by atoms with Crippen molar-refractivity contribution >= 4 is 44.2 Å². The average molecular weight is 533 g/mol. The third-order valence-corrected chi connectivity index (χ3v) is 7.61. The van der Waals surface area contributed by atoms with Crippen LogP contribution < -0.4 is 15.1 Å². The van der Waals surface area contributed by atoms with Crippen molar-refractivity contribution in [1.29, 1.82) is 0 Å². The monoisotopic (exact) mass is 532 g/mol. The van der Waals surface area contributed by atoms with Crippen LogP contribution in [0.5, 0.6) is 0 Å². The predicted molar refractivity (Wildman–Crippen MR) is 145 cm³/mol. The molecule has 0 bridgehead atoms. The van der Waals surface area contributed by atoms with Crippen molar-refractivity contribution < 1.29 is 0 Å². The van der Waals surface area contributed by atoms with E-state index < -0.39 is 0 Å². The number of benzene rings is 1. The lowest BCUT2D eigenvalue weighted by molar-refractivity contribution is 0.414. The number of likely N-dealkylation sites (tertiary alicyclic amines) is 1. The summed E-state index contributed by atoms with van der Waals surface area (Å²) >= 11 is 3.67. The minimum atomic E-state index is 0.417. The fourth-order valence-corrected chi connectivity index (χ4v) is 5.46. The summed E-state index contributed by atoms with van der Waals surface area (Å²) in [6.07, 6.45) is 6.74. The second-order valence-electron chi connectivity index (χ2n) is 9.39. The highest BCUT2D eigenvalue weighted by Crippen LogP contribution is 2.32. The summed E-state index contributed by atoms with van der Waals surface area (Å²) in [6.45, 7) is 6.10. The molecule has 180 valence electrons. The molecule has 0 aliphatic carbocycles. The maximum absolute atomic E-state index is 4.94. The van der Waals surface area contributed by atoms with Crippen molar-refractivity contribution in [2.24, 2.45) is 0 Å². The number of likely N-dealkylation sites (N-methyl/N-ethyl adjacent to an activating group) is 1. The number of anilines is 3. The molecule has 0 radical (unpaired) electrons. The van der Waals surface area contributed by atoms with E-state index in [1.165, 1.54) is 11.4 Å². The molecule has 9 heteroatoms. The molecule has 3 aromatic heterocycles. The molecular weight excluding hydrogens is 504 g/mol. The van der Waals surface area contributed by atoms with Gasteiger partial charge in [0, 0.05) is 62.4 Å². The van der Waals surface area contributed by atoms with Gasteiger partial charge in [-0.05, 0) is 72.3 Å². The van der Waals surface area contributed by atoms with Crippen molar-refractivity contribution in [2.45, 2.75) is 12.5 Å². The molecule has 0 saturated carbocycles. The summed E-state index contributed by atoms with van der Waals surface area (Å²) in [6, 6.07) is 13.2. The lowest BCUT2D eigenvalue weighted by atomic mass is 10.1. The van der Waals surface area contributed by atoms with E-state index in [1.54, 1.807) is 0 Å². The summed E-state index contributed by atoms with van der Waals surface area (Å²) in [5, 5.41) is 3.69. The number of nitrogens with one attached hydrogen (secondary N) is 2. The maximum atomic E-state index is 4.94. The highest BCUT2D eigenvalue weighted by molar-refractivity contribution is 9.10. The standard InChI is InChI=1S/C26H29BrN8/c1-33-10-8-19(17-33)30-23-22(27)16-29-26-24(23)31-25(32-26)18-4-6-20(7-5-18)34-11-13-35(14-12-34)21-3-2-9-28-15-21/h2-7,9,15-16,19H,8,10-14,17H2,1H3,(H2,29,30,31,32)/t19-/m0/s1. The number of pyridine rings is 2. The largest absolute Gasteiger partial charge is 0.378 e. The first kappa shape index (κ1) is 22.3. The van der Waals surface area contributed by atoms with Crippen molar-refractivity contribution in [3.05, 3.63) is 59.5 Å². The van der Waals surface area contributed by atoms with E-state index in [2.05, 4.69) is 88.3 Å². The smallest absolute Gasteiger partial charge is 0.159 e. The average Bonchev–Trinajstić information content (AvgIpc) is 3.53. The SMILES string of the molecule is CN1CC[C@H](Nc2c(Br)cnc3[nH]c(-c4ccc(N5CCN(c6cccnc6)CC5)cc4)nc23)C1. The molecule has 6 rings (SSSR count). The van der Waals surface area contributed by atoms with Gasteiger partial charge in [-0.3, -0.25) is 4.98 Å². The number of hydrogen-bond donors (Lipinski definition) is 2. The normalized spacial score (nSPS) is 19.0. The molecule has 0 unspecified atom stereocenters. The van der Waals surface area contributed by atoms with Crippen molar-refractivity contribution in [3.63, 3.8) is 0 Å². The summed E-state index contributed by atoms with van der Waals surface area (Å²) in [7, 11) is 2.16. The molecule has 1 atom stereocenters. The van der Waals surface area contributed by atoms with Gasteiger partial charge in [0.15, 0.2) is 5.65 Å². The van der Waals surface area contributed by atoms with E-state index >= 15 is 0 Å². The number of imidazole rings is 1. The van der Waals surface area contributed by atoms with E-state index in [0.717, 1.165) is 78.4 Å². The molecule has 0 spiro atoms. The number of rotatable bonds is 5. The number of aromatic amines is 1. The maximum Gasteiger partial charge on any atom is 0.159 e. The minimum absolute atomic E-state index is 0.417. The Hall–Kier alpha value is -3.17. The summed E-state index contributed by atoms with van der Waals surface area (Å²) in [5.74, 6) is 0.838. The quantitative estimate of drug-likeness (QED) is 0.398. The zero-order valence-corrected chi connectivity index (χ0v) is 21.4. The Morgan fingerprint density at radius 1 is 0.971 bits per heavy atom. The van der Waals surface area contributed by atoms with Gasteiger partial charge in [0.1, 0.15) is 11.3 Å². The first-order valence-corrected chi connectivity index (χ1v) is 12.9. The summed E-state index contributed by atoms with van der Waals surface area (Å²) < 4.78 is 0.943. The van der Waals surface area contributed by atoms with Crippen LogP contribution in [0.4, 0.5) is 17.1 Å². The fraction of sp³-hybridized carbons (Fsp3) is 0.346. The molecule has 8 nitrogen and oxygen atoms in total.